The third kappa shape index (κ3) is 2.81. The molecule has 8 heteroatoms. The molecule has 3 aromatic heterocycles. The predicted octanol–water partition coefficient (Wildman–Crippen LogP) is 3.29. The summed E-state index contributed by atoms with van der Waals surface area (Å²) in [6.45, 7) is 4.39. The van der Waals surface area contributed by atoms with Crippen LogP contribution in [0, 0.1) is 5.92 Å². The van der Waals surface area contributed by atoms with E-state index in [1.165, 1.54) is 35.7 Å². The van der Waals surface area contributed by atoms with Crippen LogP contribution in [-0.2, 0) is 28.8 Å². The molecule has 0 saturated carbocycles. The zero-order valence-corrected chi connectivity index (χ0v) is 16.2. The molecule has 0 amide bonds. The van der Waals surface area contributed by atoms with E-state index in [9.17, 15) is 4.79 Å². The molecule has 0 aliphatic heterocycles. The van der Waals surface area contributed by atoms with Crippen LogP contribution < -0.4 is 0 Å². The van der Waals surface area contributed by atoms with Crippen molar-refractivity contribution in [3.05, 3.63) is 16.3 Å². The summed E-state index contributed by atoms with van der Waals surface area (Å²) in [6.07, 6.45) is 4.20. The minimum atomic E-state index is -0.268. The number of thioether (sulfide) groups is 1. The summed E-state index contributed by atoms with van der Waals surface area (Å²) in [5, 5.41) is 10.7. The number of aryl methyl sites for hydroxylation is 2. The van der Waals surface area contributed by atoms with Crippen molar-refractivity contribution in [1.82, 2.24) is 19.6 Å². The Kier molecular flexibility index (Phi) is 4.41. The van der Waals surface area contributed by atoms with Crippen molar-refractivity contribution >= 4 is 44.9 Å². The van der Waals surface area contributed by atoms with Gasteiger partial charge >= 0.3 is 5.97 Å². The van der Waals surface area contributed by atoms with Gasteiger partial charge in [0.25, 0.3) is 0 Å². The Morgan fingerprint density at radius 1 is 1.44 bits per heavy atom. The average molecular weight is 377 g/mol. The number of esters is 1. The number of rotatable bonds is 4. The Bertz CT molecular complexity index is 963. The number of fused-ring (bicyclic) bond motifs is 5. The first kappa shape index (κ1) is 16.8. The normalized spacial score (nSPS) is 17.2. The molecule has 3 aromatic rings. The summed E-state index contributed by atoms with van der Waals surface area (Å²) < 4.78 is 6.74. The number of hydrogen-bond acceptors (Lipinski definition) is 7. The molecule has 1 aliphatic rings. The number of ether oxygens (including phenoxy) is 1. The summed E-state index contributed by atoms with van der Waals surface area (Å²) in [5.41, 5.74) is 2.27. The zero-order chi connectivity index (χ0) is 17.6. The van der Waals surface area contributed by atoms with E-state index >= 15 is 0 Å². The lowest BCUT2D eigenvalue weighted by atomic mass is 9.89. The maximum atomic E-state index is 11.5. The van der Waals surface area contributed by atoms with E-state index in [1.54, 1.807) is 11.3 Å². The van der Waals surface area contributed by atoms with E-state index in [4.69, 9.17) is 9.72 Å². The van der Waals surface area contributed by atoms with Gasteiger partial charge in [-0.15, -0.1) is 21.5 Å². The first-order valence-corrected chi connectivity index (χ1v) is 10.3. The minimum Gasteiger partial charge on any atom is -0.468 e. The molecule has 1 aliphatic carbocycles. The van der Waals surface area contributed by atoms with Gasteiger partial charge in [-0.2, -0.15) is 0 Å². The molecule has 1 atom stereocenters. The molecule has 0 radical (unpaired) electrons. The molecule has 0 aromatic carbocycles. The number of hydrogen-bond donors (Lipinski definition) is 0. The highest BCUT2D eigenvalue weighted by molar-refractivity contribution is 7.99. The summed E-state index contributed by atoms with van der Waals surface area (Å²) in [7, 11) is 1.39. The molecular formula is C17H20N4O2S2. The van der Waals surface area contributed by atoms with Crippen LogP contribution >= 0.6 is 23.1 Å². The molecule has 132 valence electrons. The van der Waals surface area contributed by atoms with Gasteiger partial charge in [-0.3, -0.25) is 9.20 Å². The van der Waals surface area contributed by atoms with Crippen molar-refractivity contribution in [3.8, 4) is 0 Å². The second kappa shape index (κ2) is 6.57. The Hall–Kier alpha value is -1.67. The molecule has 0 saturated heterocycles. The van der Waals surface area contributed by atoms with E-state index in [2.05, 4.69) is 24.0 Å². The molecule has 0 bridgehead atoms. The highest BCUT2D eigenvalue weighted by atomic mass is 32.2. The fourth-order valence-electron chi connectivity index (χ4n) is 3.39. The average Bonchev–Trinajstić information content (AvgIpc) is 3.18. The zero-order valence-electron chi connectivity index (χ0n) is 14.5. The fourth-order valence-corrected chi connectivity index (χ4v) is 5.57. The SMILES string of the molecule is CCc1nc2sc3c(c2c2nnc(SCC(=O)OC)n12)CC[C@@H](C)C3. The monoisotopic (exact) mass is 376 g/mol. The van der Waals surface area contributed by atoms with E-state index in [1.807, 2.05) is 4.40 Å². The predicted molar refractivity (Wildman–Crippen MR) is 99.5 cm³/mol. The third-order valence-corrected chi connectivity index (χ3v) is 6.75. The number of aromatic nitrogens is 4. The lowest BCUT2D eigenvalue weighted by Crippen LogP contribution is -2.09. The first-order chi connectivity index (χ1) is 12.1. The highest BCUT2D eigenvalue weighted by Gasteiger charge is 2.25. The van der Waals surface area contributed by atoms with Crippen molar-refractivity contribution in [2.24, 2.45) is 5.92 Å². The van der Waals surface area contributed by atoms with Crippen molar-refractivity contribution in [2.45, 2.75) is 44.7 Å². The second-order valence-electron chi connectivity index (χ2n) is 6.42. The van der Waals surface area contributed by atoms with Gasteiger partial charge in [0.05, 0.1) is 18.2 Å². The first-order valence-electron chi connectivity index (χ1n) is 8.50. The van der Waals surface area contributed by atoms with Crippen LogP contribution in [-0.4, -0.2) is 38.4 Å². The largest absolute Gasteiger partial charge is 0.468 e. The third-order valence-electron chi connectivity index (χ3n) is 4.70. The number of carbonyl (C=O) groups is 1. The quantitative estimate of drug-likeness (QED) is 0.514. The standard InChI is InChI=1S/C17H20N4O2S2/c1-4-12-18-16-14(10-6-5-9(2)7-11(10)25-16)15-19-20-17(21(12)15)24-8-13(22)23-3/h9H,4-8H2,1-3H3/t9-/m1/s1. The Morgan fingerprint density at radius 3 is 3.04 bits per heavy atom. The van der Waals surface area contributed by atoms with E-state index in [-0.39, 0.29) is 11.7 Å². The molecule has 25 heavy (non-hydrogen) atoms. The van der Waals surface area contributed by atoms with E-state index in [0.29, 0.717) is 5.16 Å². The maximum Gasteiger partial charge on any atom is 0.316 e. The molecule has 0 unspecified atom stereocenters. The second-order valence-corrected chi connectivity index (χ2v) is 8.45. The van der Waals surface area contributed by atoms with Gasteiger partial charge in [0, 0.05) is 11.3 Å². The summed E-state index contributed by atoms with van der Waals surface area (Å²) >= 11 is 3.15. The van der Waals surface area contributed by atoms with Crippen LogP contribution in [0.3, 0.4) is 0 Å². The number of nitrogens with zero attached hydrogens (tertiary/aromatic N) is 4. The van der Waals surface area contributed by atoms with Gasteiger partial charge in [0.15, 0.2) is 10.8 Å². The van der Waals surface area contributed by atoms with E-state index < -0.39 is 0 Å². The van der Waals surface area contributed by atoms with Crippen molar-refractivity contribution in [3.63, 3.8) is 0 Å². The number of carbonyl (C=O) groups excluding carboxylic acids is 1. The highest BCUT2D eigenvalue weighted by Crippen LogP contribution is 2.39. The smallest absolute Gasteiger partial charge is 0.316 e. The molecule has 4 rings (SSSR count). The van der Waals surface area contributed by atoms with Gasteiger partial charge in [-0.05, 0) is 30.7 Å². The van der Waals surface area contributed by atoms with Crippen LogP contribution in [0.25, 0.3) is 15.9 Å². The van der Waals surface area contributed by atoms with E-state index in [0.717, 1.165) is 46.9 Å². The number of thiophene rings is 1. The Balaban J connectivity index is 1.88. The van der Waals surface area contributed by atoms with Crippen LogP contribution in [0.1, 0.15) is 36.5 Å². The maximum absolute atomic E-state index is 11.5. The molecule has 6 nitrogen and oxygen atoms in total. The lowest BCUT2D eigenvalue weighted by molar-refractivity contribution is -0.137. The summed E-state index contributed by atoms with van der Waals surface area (Å²) in [4.78, 5) is 18.9. The molecule has 0 N–H and O–H groups in total. The van der Waals surface area contributed by atoms with Gasteiger partial charge in [0.2, 0.25) is 0 Å². The van der Waals surface area contributed by atoms with Crippen molar-refractivity contribution in [2.75, 3.05) is 12.9 Å². The Morgan fingerprint density at radius 2 is 2.28 bits per heavy atom. The molecular weight excluding hydrogens is 356 g/mol. The van der Waals surface area contributed by atoms with Crippen LogP contribution in [0.5, 0.6) is 0 Å². The minimum absolute atomic E-state index is 0.220. The van der Waals surface area contributed by atoms with Crippen LogP contribution in [0.4, 0.5) is 0 Å². The van der Waals surface area contributed by atoms with Gasteiger partial charge in [-0.25, -0.2) is 4.98 Å². The van der Waals surface area contributed by atoms with Crippen molar-refractivity contribution in [1.29, 1.82) is 0 Å². The fraction of sp³-hybridized carbons (Fsp3) is 0.529. The Labute approximate surface area is 154 Å². The topological polar surface area (TPSA) is 69.4 Å². The van der Waals surface area contributed by atoms with Crippen molar-refractivity contribution < 1.29 is 9.53 Å². The number of methoxy groups -OCH3 is 1. The van der Waals surface area contributed by atoms with Crippen LogP contribution in [0.2, 0.25) is 0 Å². The van der Waals surface area contributed by atoms with Crippen LogP contribution in [0.15, 0.2) is 5.16 Å². The molecule has 3 heterocycles. The van der Waals surface area contributed by atoms with Gasteiger partial charge in [0.1, 0.15) is 10.7 Å². The summed E-state index contributed by atoms with van der Waals surface area (Å²) in [6, 6.07) is 0. The van der Waals surface area contributed by atoms with Gasteiger partial charge < -0.3 is 4.74 Å². The molecule has 0 fully saturated rings. The molecule has 0 spiro atoms. The summed E-state index contributed by atoms with van der Waals surface area (Å²) in [5.74, 6) is 1.62. The van der Waals surface area contributed by atoms with Gasteiger partial charge in [-0.1, -0.05) is 25.6 Å². The lowest BCUT2D eigenvalue weighted by Gasteiger charge is -2.17.